The van der Waals surface area contributed by atoms with Crippen molar-refractivity contribution in [3.63, 3.8) is 0 Å². The molecule has 53 heavy (non-hydrogen) atoms. The molecule has 16 nitrogen and oxygen atoms in total. The number of nitrogens with zero attached hydrogens (tertiary/aromatic N) is 1. The second-order valence-corrected chi connectivity index (χ2v) is 15.0. The van der Waals surface area contributed by atoms with Crippen LogP contribution >= 0.6 is 0 Å². The maximum atomic E-state index is 13.2. The lowest BCUT2D eigenvalue weighted by Gasteiger charge is -2.50. The van der Waals surface area contributed by atoms with Gasteiger partial charge < -0.3 is 68.4 Å². The molecule has 16 heteroatoms. The molecule has 0 spiro atoms. The smallest absolute Gasteiger partial charge is 0.310 e. The summed E-state index contributed by atoms with van der Waals surface area (Å²) in [5.41, 5.74) is -1.49. The standard InChI is InChI=1S/C37H61NO15/c1-19-16-24(14-15-39)33(34(47-9)27(51-23(5)40)17-28(43)48-20(2)26(42)13-11-10-12-25(19)41)53-36-31(44)30(38(7)8)32(21(3)50-36)52-29-18-37(6,46)35(45)22(4)49-29/h10-13,15,19-22,24-27,29-36,41-42,44-46H,14,16-18H2,1-9H3. The second kappa shape index (κ2) is 20.0. The van der Waals surface area contributed by atoms with E-state index in [0.717, 1.165) is 6.92 Å². The third-order valence-corrected chi connectivity index (χ3v) is 10.3. The molecule has 5 N–H and O–H groups in total. The largest absolute Gasteiger partial charge is 0.459 e. The Morgan fingerprint density at radius 3 is 2.17 bits per heavy atom. The first kappa shape index (κ1) is 45.0. The maximum Gasteiger partial charge on any atom is 0.310 e. The quantitative estimate of drug-likeness (QED) is 0.159. The molecule has 0 amide bonds. The lowest BCUT2D eigenvalue weighted by molar-refractivity contribution is -0.344. The van der Waals surface area contributed by atoms with Crippen molar-refractivity contribution in [2.45, 2.75) is 159 Å². The zero-order chi connectivity index (χ0) is 39.8. The Labute approximate surface area is 311 Å². The number of methoxy groups -OCH3 is 1. The molecule has 0 aromatic carbocycles. The highest BCUT2D eigenvalue weighted by Gasteiger charge is 2.52. The van der Waals surface area contributed by atoms with E-state index in [1.165, 1.54) is 39.2 Å². The molecular weight excluding hydrogens is 698 g/mol. The lowest BCUT2D eigenvalue weighted by atomic mass is 9.82. The number of likely N-dealkylation sites (N-methyl/N-ethyl adjacent to an activating group) is 1. The normalized spacial score (nSPS) is 43.6. The van der Waals surface area contributed by atoms with Crippen LogP contribution < -0.4 is 0 Å². The molecule has 0 aliphatic carbocycles. The topological polar surface area (TPSA) is 220 Å². The number of aliphatic hydroxyl groups excluding tert-OH is 4. The Balaban J connectivity index is 2.04. The number of carbonyl (C=O) groups is 3. The first-order valence-corrected chi connectivity index (χ1v) is 18.2. The fourth-order valence-corrected chi connectivity index (χ4v) is 7.33. The van der Waals surface area contributed by atoms with Gasteiger partial charge in [-0.25, -0.2) is 0 Å². The third kappa shape index (κ3) is 12.1. The summed E-state index contributed by atoms with van der Waals surface area (Å²) in [6.07, 6.45) is -7.83. The maximum absolute atomic E-state index is 13.2. The number of esters is 2. The van der Waals surface area contributed by atoms with E-state index in [2.05, 4.69) is 0 Å². The van der Waals surface area contributed by atoms with Gasteiger partial charge in [0, 0.05) is 26.9 Å². The van der Waals surface area contributed by atoms with Gasteiger partial charge in [-0.05, 0) is 60.0 Å². The van der Waals surface area contributed by atoms with E-state index in [4.69, 9.17) is 33.2 Å². The van der Waals surface area contributed by atoms with Crippen molar-refractivity contribution < 1.29 is 73.1 Å². The summed E-state index contributed by atoms with van der Waals surface area (Å²) in [6.45, 7) is 9.25. The van der Waals surface area contributed by atoms with E-state index in [1.807, 2.05) is 0 Å². The Bertz CT molecular complexity index is 1240. The van der Waals surface area contributed by atoms with Crippen molar-refractivity contribution in [2.24, 2.45) is 11.8 Å². The van der Waals surface area contributed by atoms with Gasteiger partial charge in [0.05, 0.1) is 42.5 Å². The van der Waals surface area contributed by atoms with Crippen molar-refractivity contribution in [1.29, 1.82) is 0 Å². The van der Waals surface area contributed by atoms with Crippen molar-refractivity contribution >= 4 is 18.2 Å². The van der Waals surface area contributed by atoms with Crippen LogP contribution in [0.5, 0.6) is 0 Å². The predicted molar refractivity (Wildman–Crippen MR) is 188 cm³/mol. The van der Waals surface area contributed by atoms with E-state index in [1.54, 1.807) is 45.8 Å². The van der Waals surface area contributed by atoms with Gasteiger partial charge in [0.15, 0.2) is 12.6 Å². The van der Waals surface area contributed by atoms with Gasteiger partial charge in [-0.15, -0.1) is 0 Å². The van der Waals surface area contributed by atoms with Crippen LogP contribution in [0.1, 0.15) is 67.2 Å². The zero-order valence-electron chi connectivity index (χ0n) is 32.2. The monoisotopic (exact) mass is 759 g/mol. The Morgan fingerprint density at radius 2 is 1.60 bits per heavy atom. The van der Waals surface area contributed by atoms with E-state index in [9.17, 15) is 39.9 Å². The molecule has 0 radical (unpaired) electrons. The van der Waals surface area contributed by atoms with E-state index < -0.39 is 122 Å². The van der Waals surface area contributed by atoms with Crippen molar-refractivity contribution in [3.05, 3.63) is 24.3 Å². The fraction of sp³-hybridized carbons (Fsp3) is 0.811. The van der Waals surface area contributed by atoms with Crippen molar-refractivity contribution in [3.8, 4) is 0 Å². The molecule has 3 heterocycles. The number of cyclic esters (lactones) is 1. The molecule has 17 atom stereocenters. The minimum atomic E-state index is -1.49. The van der Waals surface area contributed by atoms with Gasteiger partial charge in [-0.1, -0.05) is 31.2 Å². The van der Waals surface area contributed by atoms with E-state index in [0.29, 0.717) is 6.29 Å². The molecular formula is C37H61NO15. The van der Waals surface area contributed by atoms with Crippen LogP contribution in [0.2, 0.25) is 0 Å². The summed E-state index contributed by atoms with van der Waals surface area (Å²) in [5.74, 6) is -2.73. The summed E-state index contributed by atoms with van der Waals surface area (Å²) >= 11 is 0. The van der Waals surface area contributed by atoms with Crippen LogP contribution in [-0.2, 0) is 47.5 Å². The number of allylic oxidation sites excluding steroid dienone is 2. The van der Waals surface area contributed by atoms with Crippen molar-refractivity contribution in [2.75, 3.05) is 21.2 Å². The minimum Gasteiger partial charge on any atom is -0.459 e. The highest BCUT2D eigenvalue weighted by molar-refractivity contribution is 5.72. The summed E-state index contributed by atoms with van der Waals surface area (Å²) in [7, 11) is 4.78. The molecule has 0 aromatic heterocycles. The fourth-order valence-electron chi connectivity index (χ4n) is 7.33. The Hall–Kier alpha value is -2.35. The van der Waals surface area contributed by atoms with Crippen LogP contribution in [0.4, 0.5) is 0 Å². The van der Waals surface area contributed by atoms with Crippen LogP contribution in [0, 0.1) is 11.8 Å². The molecule has 3 aliphatic heterocycles. The van der Waals surface area contributed by atoms with Crippen LogP contribution in [-0.4, -0.2) is 161 Å². The number of hydrogen-bond donors (Lipinski definition) is 5. The number of ether oxygens (including phenoxy) is 7. The number of aliphatic hydroxyl groups is 5. The summed E-state index contributed by atoms with van der Waals surface area (Å²) in [5, 5.41) is 54.7. The van der Waals surface area contributed by atoms with Gasteiger partial charge in [-0.2, -0.15) is 0 Å². The Morgan fingerprint density at radius 1 is 0.962 bits per heavy atom. The first-order valence-electron chi connectivity index (χ1n) is 18.2. The molecule has 0 saturated carbocycles. The SMILES string of the molecule is COC1C(OC(C)=O)CC(=O)OC(C)C(O)C=CC=CC(O)C(C)CC(CC=O)C1OC1OC(C)C(OC2CC(C)(O)C(O)C(C)O2)C(N(C)C)C1O. The third-order valence-electron chi connectivity index (χ3n) is 10.3. The van der Waals surface area contributed by atoms with Crippen LogP contribution in [0.25, 0.3) is 0 Å². The molecule has 3 aliphatic rings. The summed E-state index contributed by atoms with van der Waals surface area (Å²) < 4.78 is 42.0. The summed E-state index contributed by atoms with van der Waals surface area (Å²) in [4.78, 5) is 39.5. The van der Waals surface area contributed by atoms with Gasteiger partial charge in [0.1, 0.15) is 49.0 Å². The predicted octanol–water partition coefficient (Wildman–Crippen LogP) is 0.387. The lowest BCUT2D eigenvalue weighted by Crippen LogP contribution is -2.65. The van der Waals surface area contributed by atoms with E-state index >= 15 is 0 Å². The molecule has 2 fully saturated rings. The number of carbonyl (C=O) groups excluding carboxylic acids is 3. The highest BCUT2D eigenvalue weighted by atomic mass is 16.7. The molecule has 2 saturated heterocycles. The van der Waals surface area contributed by atoms with Gasteiger partial charge in [0.25, 0.3) is 0 Å². The minimum absolute atomic E-state index is 0.0455. The Kier molecular flexibility index (Phi) is 17.0. The van der Waals surface area contributed by atoms with Crippen LogP contribution in [0.3, 0.4) is 0 Å². The van der Waals surface area contributed by atoms with Crippen molar-refractivity contribution in [1.82, 2.24) is 4.90 Å². The molecule has 0 bridgehead atoms. The summed E-state index contributed by atoms with van der Waals surface area (Å²) in [6, 6.07) is -0.776. The first-order chi connectivity index (χ1) is 24.8. The highest BCUT2D eigenvalue weighted by Crippen LogP contribution is 2.37. The second-order valence-electron chi connectivity index (χ2n) is 15.0. The van der Waals surface area contributed by atoms with E-state index in [-0.39, 0.29) is 19.3 Å². The number of rotatable bonds is 9. The number of hydrogen-bond acceptors (Lipinski definition) is 16. The average Bonchev–Trinajstić information content (AvgIpc) is 3.05. The number of aldehydes is 1. The average molecular weight is 760 g/mol. The molecule has 304 valence electrons. The molecule has 17 unspecified atom stereocenters. The van der Waals surface area contributed by atoms with Gasteiger partial charge in [-0.3, -0.25) is 9.59 Å². The van der Waals surface area contributed by atoms with Gasteiger partial charge >= 0.3 is 11.9 Å². The molecule has 3 rings (SSSR count). The van der Waals surface area contributed by atoms with Gasteiger partial charge in [0.2, 0.25) is 0 Å². The van der Waals surface area contributed by atoms with Crippen LogP contribution in [0.15, 0.2) is 24.3 Å². The molecule has 0 aromatic rings. The zero-order valence-corrected chi connectivity index (χ0v) is 32.2.